The largest absolute Gasteiger partial charge is 0.502 e. The number of nitrogens with one attached hydrogen (secondary N) is 1. The van der Waals surface area contributed by atoms with E-state index in [2.05, 4.69) is 15.5 Å². The van der Waals surface area contributed by atoms with Crippen molar-refractivity contribution in [2.75, 3.05) is 26.1 Å². The van der Waals surface area contributed by atoms with Gasteiger partial charge in [-0.1, -0.05) is 11.6 Å². The topological polar surface area (TPSA) is 135 Å². The summed E-state index contributed by atoms with van der Waals surface area (Å²) >= 11 is 7.34. The van der Waals surface area contributed by atoms with Crippen LogP contribution in [0.3, 0.4) is 0 Å². The number of amides is 2. The van der Waals surface area contributed by atoms with Crippen LogP contribution >= 0.6 is 23.4 Å². The van der Waals surface area contributed by atoms with E-state index in [1.165, 1.54) is 55.9 Å². The summed E-state index contributed by atoms with van der Waals surface area (Å²) in [5, 5.41) is 21.9. The van der Waals surface area contributed by atoms with Crippen molar-refractivity contribution < 1.29 is 37.7 Å². The Bertz CT molecular complexity index is 1800. The molecule has 4 aromatic rings. The number of furan rings is 1. The lowest BCUT2D eigenvalue weighted by Gasteiger charge is -2.13. The first-order valence-corrected chi connectivity index (χ1v) is 14.7. The minimum atomic E-state index is -0.466. The number of anilines is 1. The molecular formula is C32H26ClFN4O7S. The number of benzene rings is 3. The minimum Gasteiger partial charge on any atom is -0.502 e. The molecular weight excluding hydrogens is 639 g/mol. The molecule has 236 valence electrons. The number of aromatic hydroxyl groups is 1. The number of phenols is 1. The van der Waals surface area contributed by atoms with Crippen LogP contribution in [-0.2, 0) is 16.1 Å². The number of thioether (sulfide) groups is 1. The highest BCUT2D eigenvalue weighted by Gasteiger charge is 2.34. The van der Waals surface area contributed by atoms with E-state index in [4.69, 9.17) is 30.2 Å². The van der Waals surface area contributed by atoms with Crippen molar-refractivity contribution in [3.8, 4) is 23.0 Å². The van der Waals surface area contributed by atoms with Crippen LogP contribution in [0.5, 0.6) is 23.0 Å². The van der Waals surface area contributed by atoms with Gasteiger partial charge in [-0.2, -0.15) is 5.10 Å². The van der Waals surface area contributed by atoms with Crippen LogP contribution in [0.4, 0.5) is 10.1 Å². The molecule has 46 heavy (non-hydrogen) atoms. The van der Waals surface area contributed by atoms with E-state index < -0.39 is 11.7 Å². The van der Waals surface area contributed by atoms with Gasteiger partial charge in [-0.3, -0.25) is 14.5 Å². The fraction of sp³-hybridized carbons (Fsp3) is 0.125. The van der Waals surface area contributed by atoms with Gasteiger partial charge < -0.3 is 29.1 Å². The fourth-order valence-electron chi connectivity index (χ4n) is 4.19. The molecule has 1 saturated heterocycles. The highest BCUT2D eigenvalue weighted by Crippen LogP contribution is 2.38. The van der Waals surface area contributed by atoms with E-state index in [0.717, 1.165) is 11.8 Å². The molecule has 5 rings (SSSR count). The van der Waals surface area contributed by atoms with Gasteiger partial charge in [0.25, 0.3) is 11.8 Å². The second kappa shape index (κ2) is 14.7. The Morgan fingerprint density at radius 3 is 2.50 bits per heavy atom. The van der Waals surface area contributed by atoms with E-state index in [0.29, 0.717) is 33.3 Å². The van der Waals surface area contributed by atoms with Crippen molar-refractivity contribution in [3.05, 3.63) is 106 Å². The standard InChI is InChI=1S/C32H26ClFN4O7S/c1-42-26-12-19(13-27(43-2)30(26)40)16-35-37-32-38(17-24-4-3-11-44-24)31(41)28(46-32)15-20-14-21(33)5-10-25(20)45-18-29(39)36-23-8-6-22(34)7-9-23/h3-16,40H,17-18H2,1-2H3,(H,36,39)/b28-15-,35-16+,37-32-. The highest BCUT2D eigenvalue weighted by atomic mass is 35.5. The molecule has 0 spiro atoms. The number of ether oxygens (including phenoxy) is 3. The van der Waals surface area contributed by atoms with Crippen LogP contribution in [0.1, 0.15) is 16.9 Å². The highest BCUT2D eigenvalue weighted by molar-refractivity contribution is 8.18. The van der Waals surface area contributed by atoms with Gasteiger partial charge in [0, 0.05) is 21.8 Å². The second-order valence-corrected chi connectivity index (χ2v) is 11.0. The summed E-state index contributed by atoms with van der Waals surface area (Å²) in [6.07, 6.45) is 4.51. The Kier molecular flexibility index (Phi) is 10.2. The van der Waals surface area contributed by atoms with E-state index in [9.17, 15) is 19.1 Å². The zero-order valence-corrected chi connectivity index (χ0v) is 26.0. The van der Waals surface area contributed by atoms with Crippen molar-refractivity contribution in [1.82, 2.24) is 4.90 Å². The van der Waals surface area contributed by atoms with E-state index in [1.807, 2.05) is 0 Å². The molecule has 0 aliphatic carbocycles. The van der Waals surface area contributed by atoms with Gasteiger partial charge in [0.2, 0.25) is 5.75 Å². The number of carbonyl (C=O) groups is 2. The van der Waals surface area contributed by atoms with E-state index in [1.54, 1.807) is 48.5 Å². The summed E-state index contributed by atoms with van der Waals surface area (Å²) in [5.74, 6) is -0.200. The first-order chi connectivity index (χ1) is 22.2. The lowest BCUT2D eigenvalue weighted by Crippen LogP contribution is -2.28. The van der Waals surface area contributed by atoms with E-state index in [-0.39, 0.29) is 46.4 Å². The first-order valence-electron chi connectivity index (χ1n) is 13.5. The lowest BCUT2D eigenvalue weighted by atomic mass is 10.2. The number of amidine groups is 1. The number of carbonyl (C=O) groups excluding carboxylic acids is 2. The van der Waals surface area contributed by atoms with E-state index >= 15 is 0 Å². The monoisotopic (exact) mass is 664 g/mol. The molecule has 0 atom stereocenters. The van der Waals surface area contributed by atoms with Gasteiger partial charge in [0.05, 0.1) is 38.1 Å². The number of hydrogen-bond donors (Lipinski definition) is 2. The summed E-state index contributed by atoms with van der Waals surface area (Å²) in [7, 11) is 2.83. The third kappa shape index (κ3) is 7.86. The van der Waals surface area contributed by atoms with Crippen molar-refractivity contribution in [2.45, 2.75) is 6.54 Å². The maximum atomic E-state index is 13.6. The summed E-state index contributed by atoms with van der Waals surface area (Å²) in [6, 6.07) is 16.7. The number of methoxy groups -OCH3 is 2. The Labute approximate surface area is 271 Å². The van der Waals surface area contributed by atoms with Gasteiger partial charge in [0.1, 0.15) is 17.3 Å². The maximum Gasteiger partial charge on any atom is 0.267 e. The fourth-order valence-corrected chi connectivity index (χ4v) is 5.30. The average molecular weight is 665 g/mol. The molecule has 3 aromatic carbocycles. The third-order valence-electron chi connectivity index (χ3n) is 6.38. The Morgan fingerprint density at radius 1 is 1.09 bits per heavy atom. The molecule has 0 saturated carbocycles. The molecule has 1 aromatic heterocycles. The van der Waals surface area contributed by atoms with Crippen molar-refractivity contribution in [1.29, 1.82) is 0 Å². The molecule has 0 bridgehead atoms. The zero-order chi connectivity index (χ0) is 32.6. The summed E-state index contributed by atoms with van der Waals surface area (Å²) < 4.78 is 34.8. The third-order valence-corrected chi connectivity index (χ3v) is 7.61. The van der Waals surface area contributed by atoms with Crippen LogP contribution in [0, 0.1) is 5.82 Å². The number of rotatable bonds is 11. The molecule has 0 unspecified atom stereocenters. The van der Waals surface area contributed by atoms with Crippen LogP contribution in [0.25, 0.3) is 6.08 Å². The summed E-state index contributed by atoms with van der Waals surface area (Å²) in [4.78, 5) is 27.8. The van der Waals surface area contributed by atoms with Gasteiger partial charge in [0.15, 0.2) is 23.3 Å². The number of hydrogen-bond acceptors (Lipinski definition) is 10. The second-order valence-electron chi connectivity index (χ2n) is 9.51. The smallest absolute Gasteiger partial charge is 0.267 e. The molecule has 11 nitrogen and oxygen atoms in total. The van der Waals surface area contributed by atoms with Crippen LogP contribution in [0.15, 0.2) is 92.5 Å². The molecule has 0 radical (unpaired) electrons. The van der Waals surface area contributed by atoms with Crippen molar-refractivity contribution in [2.24, 2.45) is 10.2 Å². The predicted molar refractivity (Wildman–Crippen MR) is 173 cm³/mol. The molecule has 1 aliphatic rings. The van der Waals surface area contributed by atoms with Gasteiger partial charge >= 0.3 is 0 Å². The number of halogens is 2. The Morgan fingerprint density at radius 2 is 1.83 bits per heavy atom. The first kappa shape index (κ1) is 32.1. The number of nitrogens with zero attached hydrogens (tertiary/aromatic N) is 3. The molecule has 1 aliphatic heterocycles. The number of phenolic OH excluding ortho intramolecular Hbond substituents is 1. The van der Waals surface area contributed by atoms with Gasteiger partial charge in [-0.15, -0.1) is 5.10 Å². The van der Waals surface area contributed by atoms with Gasteiger partial charge in [-0.05, 0) is 84.6 Å². The Balaban J connectivity index is 1.39. The lowest BCUT2D eigenvalue weighted by molar-refractivity contribution is -0.122. The van der Waals surface area contributed by atoms with Crippen LogP contribution < -0.4 is 19.5 Å². The Hall–Kier alpha value is -5.27. The van der Waals surface area contributed by atoms with Crippen molar-refractivity contribution in [3.63, 3.8) is 0 Å². The molecule has 14 heteroatoms. The quantitative estimate of drug-likeness (QED) is 0.108. The molecule has 2 amide bonds. The SMILES string of the molecule is COc1cc(/C=N/N=C2\S/C(=C\c3cc(Cl)ccc3OCC(=O)Nc3ccc(F)cc3)C(=O)N2Cc2ccco2)cc(OC)c1O. The van der Waals surface area contributed by atoms with Crippen LogP contribution in [0.2, 0.25) is 5.02 Å². The maximum absolute atomic E-state index is 13.6. The zero-order valence-electron chi connectivity index (χ0n) is 24.4. The molecule has 1 fully saturated rings. The average Bonchev–Trinajstić information content (AvgIpc) is 3.66. The van der Waals surface area contributed by atoms with Crippen LogP contribution in [-0.4, -0.2) is 54.0 Å². The van der Waals surface area contributed by atoms with Gasteiger partial charge in [-0.25, -0.2) is 4.39 Å². The molecule has 2 N–H and O–H groups in total. The van der Waals surface area contributed by atoms with Crippen molar-refractivity contribution >= 4 is 58.3 Å². The molecule has 2 heterocycles. The summed E-state index contributed by atoms with van der Waals surface area (Å²) in [5.41, 5.74) is 1.39. The minimum absolute atomic E-state index is 0.0911. The normalized spacial score (nSPS) is 14.8. The summed E-state index contributed by atoms with van der Waals surface area (Å²) in [6.45, 7) is -0.261. The predicted octanol–water partition coefficient (Wildman–Crippen LogP) is 6.32.